The molecule has 0 saturated carbocycles. The molecule has 2 nitrogen and oxygen atoms in total. The third-order valence-corrected chi connectivity index (χ3v) is 3.30. The van der Waals surface area contributed by atoms with Crippen LogP contribution in [-0.2, 0) is 23.6 Å². The number of alkyl halides is 6. The van der Waals surface area contributed by atoms with Gasteiger partial charge in [0.05, 0.1) is 17.5 Å². The minimum Gasteiger partial charge on any atom is -0.481 e. The van der Waals surface area contributed by atoms with E-state index < -0.39 is 35.9 Å². The van der Waals surface area contributed by atoms with Crippen LogP contribution in [0.25, 0.3) is 11.1 Å². The molecule has 0 aliphatic heterocycles. The van der Waals surface area contributed by atoms with Crippen molar-refractivity contribution in [2.45, 2.75) is 18.8 Å². The summed E-state index contributed by atoms with van der Waals surface area (Å²) in [7, 11) is 0. The van der Waals surface area contributed by atoms with Crippen LogP contribution in [0.2, 0.25) is 0 Å². The predicted molar refractivity (Wildman–Crippen MR) is 73.2 cm³/mol. The Balaban J connectivity index is 2.69. The van der Waals surface area contributed by atoms with Crippen molar-refractivity contribution in [2.75, 3.05) is 0 Å². The van der Waals surface area contributed by atoms with Crippen LogP contribution in [0.4, 0.5) is 26.3 Å². The van der Waals surface area contributed by atoms with Gasteiger partial charge in [-0.25, -0.2) is 0 Å². The van der Waals surface area contributed by atoms with Gasteiger partial charge in [-0.05, 0) is 34.9 Å². The molecule has 2 rings (SSSR count). The number of hydrogen-bond acceptors (Lipinski definition) is 1. The topological polar surface area (TPSA) is 37.3 Å². The Bertz CT molecular complexity index is 762. The van der Waals surface area contributed by atoms with Crippen molar-refractivity contribution in [1.29, 1.82) is 0 Å². The van der Waals surface area contributed by atoms with Crippen LogP contribution in [-0.4, -0.2) is 11.1 Å². The molecule has 2 aromatic rings. The number of benzene rings is 2. The maximum Gasteiger partial charge on any atom is 0.417 e. The summed E-state index contributed by atoms with van der Waals surface area (Å²) in [5.41, 5.74) is -3.06. The molecule has 128 valence electrons. The molecule has 2 aromatic carbocycles. The number of carboxylic acids is 1. The molecule has 0 aliphatic carbocycles. The van der Waals surface area contributed by atoms with E-state index in [0.717, 1.165) is 24.3 Å². The number of carboxylic acid groups (broad SMARTS) is 1. The summed E-state index contributed by atoms with van der Waals surface area (Å²) in [6.07, 6.45) is -10.3. The van der Waals surface area contributed by atoms with Gasteiger partial charge >= 0.3 is 18.3 Å². The monoisotopic (exact) mass is 348 g/mol. The van der Waals surface area contributed by atoms with Crippen molar-refractivity contribution in [3.8, 4) is 11.1 Å². The summed E-state index contributed by atoms with van der Waals surface area (Å²) < 4.78 is 77.6. The molecule has 0 heterocycles. The highest BCUT2D eigenvalue weighted by molar-refractivity contribution is 5.78. The van der Waals surface area contributed by atoms with Crippen LogP contribution in [0.5, 0.6) is 0 Å². The number of rotatable bonds is 3. The second kappa shape index (κ2) is 6.18. The van der Waals surface area contributed by atoms with E-state index in [0.29, 0.717) is 12.1 Å². The Morgan fingerprint density at radius 1 is 0.875 bits per heavy atom. The van der Waals surface area contributed by atoms with Crippen molar-refractivity contribution >= 4 is 5.97 Å². The smallest absolute Gasteiger partial charge is 0.417 e. The van der Waals surface area contributed by atoms with Crippen LogP contribution >= 0.6 is 0 Å². The van der Waals surface area contributed by atoms with Gasteiger partial charge in [0.15, 0.2) is 0 Å². The molecule has 0 atom stereocenters. The third-order valence-electron chi connectivity index (χ3n) is 3.30. The minimum absolute atomic E-state index is 0.196. The number of aliphatic carboxylic acids is 1. The van der Waals surface area contributed by atoms with Gasteiger partial charge in [0.1, 0.15) is 0 Å². The lowest BCUT2D eigenvalue weighted by Gasteiger charge is -2.17. The van der Waals surface area contributed by atoms with Gasteiger partial charge < -0.3 is 5.11 Å². The first-order valence-electron chi connectivity index (χ1n) is 6.58. The lowest BCUT2D eigenvalue weighted by Crippen LogP contribution is -2.11. The molecule has 0 fully saturated rings. The van der Waals surface area contributed by atoms with Crippen molar-refractivity contribution < 1.29 is 36.2 Å². The summed E-state index contributed by atoms with van der Waals surface area (Å²) in [5, 5.41) is 8.86. The Hall–Kier alpha value is -2.51. The standard InChI is InChI=1S/C16H10F6O2/c17-15(18,19)10-5-6-11(9(7-10)8-14(23)24)12-3-1-2-4-13(12)16(20,21)22/h1-7H,8H2,(H,23,24). The molecular formula is C16H10F6O2. The first kappa shape index (κ1) is 17.8. The largest absolute Gasteiger partial charge is 0.481 e. The second-order valence-corrected chi connectivity index (χ2v) is 4.98. The molecule has 0 radical (unpaired) electrons. The SMILES string of the molecule is O=C(O)Cc1cc(C(F)(F)F)ccc1-c1ccccc1C(F)(F)F. The maximum absolute atomic E-state index is 13.1. The molecule has 0 amide bonds. The van der Waals surface area contributed by atoms with E-state index in [-0.39, 0.29) is 16.7 Å². The van der Waals surface area contributed by atoms with E-state index in [9.17, 15) is 31.1 Å². The van der Waals surface area contributed by atoms with E-state index in [2.05, 4.69) is 0 Å². The van der Waals surface area contributed by atoms with Crippen LogP contribution in [0, 0.1) is 0 Å². The molecule has 1 N–H and O–H groups in total. The van der Waals surface area contributed by atoms with Gasteiger partial charge in [-0.2, -0.15) is 26.3 Å². The minimum atomic E-state index is -4.73. The molecule has 0 unspecified atom stereocenters. The second-order valence-electron chi connectivity index (χ2n) is 4.98. The average molecular weight is 348 g/mol. The zero-order chi connectivity index (χ0) is 18.1. The van der Waals surface area contributed by atoms with Gasteiger partial charge in [0.2, 0.25) is 0 Å². The van der Waals surface area contributed by atoms with E-state index in [4.69, 9.17) is 5.11 Å². The van der Waals surface area contributed by atoms with Crippen LogP contribution in [0.1, 0.15) is 16.7 Å². The van der Waals surface area contributed by atoms with Gasteiger partial charge in [-0.1, -0.05) is 24.3 Å². The van der Waals surface area contributed by atoms with Crippen molar-refractivity contribution in [2.24, 2.45) is 0 Å². The quantitative estimate of drug-likeness (QED) is 0.791. The van der Waals surface area contributed by atoms with Gasteiger partial charge in [0.25, 0.3) is 0 Å². The van der Waals surface area contributed by atoms with E-state index >= 15 is 0 Å². The molecule has 0 aromatic heterocycles. The molecule has 0 bridgehead atoms. The number of halogens is 6. The van der Waals surface area contributed by atoms with Crippen LogP contribution in [0.3, 0.4) is 0 Å². The van der Waals surface area contributed by atoms with Crippen LogP contribution in [0.15, 0.2) is 42.5 Å². The highest BCUT2D eigenvalue weighted by Crippen LogP contribution is 2.40. The van der Waals surface area contributed by atoms with Gasteiger partial charge in [-0.15, -0.1) is 0 Å². The highest BCUT2D eigenvalue weighted by Gasteiger charge is 2.35. The Kier molecular flexibility index (Phi) is 4.59. The zero-order valence-corrected chi connectivity index (χ0v) is 11.9. The summed E-state index contributed by atoms with van der Waals surface area (Å²) in [5.74, 6) is -1.44. The number of hydrogen-bond donors (Lipinski definition) is 1. The van der Waals surface area contributed by atoms with E-state index in [1.54, 1.807) is 0 Å². The first-order chi connectivity index (χ1) is 11.0. The zero-order valence-electron chi connectivity index (χ0n) is 11.9. The van der Waals surface area contributed by atoms with Gasteiger partial charge in [0, 0.05) is 0 Å². The van der Waals surface area contributed by atoms with Crippen molar-refractivity contribution in [3.05, 3.63) is 59.2 Å². The molecule has 8 heteroatoms. The molecule has 0 aliphatic rings. The van der Waals surface area contributed by atoms with Crippen molar-refractivity contribution in [1.82, 2.24) is 0 Å². The highest BCUT2D eigenvalue weighted by atomic mass is 19.4. The lowest BCUT2D eigenvalue weighted by atomic mass is 9.92. The Morgan fingerprint density at radius 3 is 2.04 bits per heavy atom. The third kappa shape index (κ3) is 3.87. The summed E-state index contributed by atoms with van der Waals surface area (Å²) in [6.45, 7) is 0. The normalized spacial score (nSPS) is 12.2. The summed E-state index contributed by atoms with van der Waals surface area (Å²) in [6, 6.07) is 6.39. The van der Waals surface area contributed by atoms with E-state index in [1.165, 1.54) is 6.07 Å². The average Bonchev–Trinajstić information content (AvgIpc) is 2.44. The summed E-state index contributed by atoms with van der Waals surface area (Å²) in [4.78, 5) is 10.9. The molecule has 0 spiro atoms. The lowest BCUT2D eigenvalue weighted by molar-refractivity contribution is -0.139. The fraction of sp³-hybridized carbons (Fsp3) is 0.188. The van der Waals surface area contributed by atoms with Gasteiger partial charge in [-0.3, -0.25) is 4.79 Å². The fourth-order valence-electron chi connectivity index (χ4n) is 2.31. The van der Waals surface area contributed by atoms with Crippen LogP contribution < -0.4 is 0 Å². The molecule has 24 heavy (non-hydrogen) atoms. The first-order valence-corrected chi connectivity index (χ1v) is 6.58. The molecule has 0 saturated heterocycles. The summed E-state index contributed by atoms with van der Waals surface area (Å²) >= 11 is 0. The van der Waals surface area contributed by atoms with Crippen molar-refractivity contribution in [3.63, 3.8) is 0 Å². The Labute approximate surface area is 132 Å². The fourth-order valence-corrected chi connectivity index (χ4v) is 2.31. The predicted octanol–water partition coefficient (Wildman–Crippen LogP) is 5.02. The van der Waals surface area contributed by atoms with E-state index in [1.807, 2.05) is 0 Å². The maximum atomic E-state index is 13.1. The Morgan fingerprint density at radius 2 is 1.50 bits per heavy atom. The molecular weight excluding hydrogens is 338 g/mol. The number of carbonyl (C=O) groups is 1.